The number of halogens is 2. The molecule has 0 atom stereocenters. The number of hydrogen-bond donors (Lipinski definition) is 1. The molecule has 0 saturated heterocycles. The molecule has 0 spiro atoms. The Morgan fingerprint density at radius 2 is 1.88 bits per heavy atom. The van der Waals surface area contributed by atoms with Crippen molar-refractivity contribution in [1.29, 1.82) is 0 Å². The Hall–Kier alpha value is -4.44. The number of pyridine rings is 2. The molecule has 4 aromatic rings. The lowest BCUT2D eigenvalue weighted by atomic mass is 9.96. The number of fused-ring (bicyclic) bond motifs is 3. The summed E-state index contributed by atoms with van der Waals surface area (Å²) in [6.07, 6.45) is 2.47. The maximum Gasteiger partial charge on any atom is 0.415 e. The Morgan fingerprint density at radius 1 is 1.12 bits per heavy atom. The molecule has 43 heavy (non-hydrogen) atoms. The van der Waals surface area contributed by atoms with Crippen LogP contribution in [0.2, 0.25) is 5.02 Å². The lowest BCUT2D eigenvalue weighted by Crippen LogP contribution is -2.42. The summed E-state index contributed by atoms with van der Waals surface area (Å²) in [5.74, 6) is -0.284. The zero-order valence-corrected chi connectivity index (χ0v) is 25.4. The van der Waals surface area contributed by atoms with Crippen LogP contribution in [-0.4, -0.2) is 40.8 Å². The molecule has 0 unspecified atom stereocenters. The van der Waals surface area contributed by atoms with Crippen LogP contribution in [0.4, 0.5) is 26.4 Å². The van der Waals surface area contributed by atoms with Crippen LogP contribution in [-0.2, 0) is 15.1 Å². The van der Waals surface area contributed by atoms with Crippen LogP contribution >= 0.6 is 11.6 Å². The molecule has 6 rings (SSSR count). The topological polar surface area (TPSA) is 103 Å². The molecule has 0 bridgehead atoms. The van der Waals surface area contributed by atoms with E-state index in [1.807, 2.05) is 26.0 Å². The van der Waals surface area contributed by atoms with Gasteiger partial charge in [-0.15, -0.1) is 0 Å². The average molecular weight is 605 g/mol. The number of benzene rings is 2. The number of amides is 1. The predicted octanol–water partition coefficient (Wildman–Crippen LogP) is 7.68. The van der Waals surface area contributed by atoms with Crippen LogP contribution in [0.1, 0.15) is 56.1 Å². The SMILES string of the molecule is Cc1c(-c2cc3cc(Nc4ccc5c(c4)C(=O)OC5(C)C)ncc3c(Cl)c2F)cnc2c1N(C(=O)OC(C)(C)C)CCO2. The Balaban J connectivity index is 1.39. The van der Waals surface area contributed by atoms with Crippen molar-refractivity contribution in [3.05, 3.63) is 70.3 Å². The van der Waals surface area contributed by atoms with Crippen molar-refractivity contribution in [1.82, 2.24) is 9.97 Å². The normalized spacial score (nSPS) is 15.4. The van der Waals surface area contributed by atoms with E-state index >= 15 is 4.39 Å². The second-order valence-corrected chi connectivity index (χ2v) is 12.4. The highest BCUT2D eigenvalue weighted by Gasteiger charge is 2.37. The molecular weight excluding hydrogens is 575 g/mol. The summed E-state index contributed by atoms with van der Waals surface area (Å²) >= 11 is 6.53. The van der Waals surface area contributed by atoms with E-state index in [1.54, 1.807) is 45.9 Å². The van der Waals surface area contributed by atoms with Gasteiger partial charge in [-0.25, -0.2) is 23.9 Å². The van der Waals surface area contributed by atoms with E-state index in [-0.39, 0.29) is 35.6 Å². The van der Waals surface area contributed by atoms with E-state index in [0.717, 1.165) is 5.56 Å². The van der Waals surface area contributed by atoms with E-state index in [0.29, 0.717) is 44.7 Å². The fourth-order valence-electron chi connectivity index (χ4n) is 5.41. The number of ether oxygens (including phenoxy) is 3. The monoisotopic (exact) mass is 604 g/mol. The molecule has 2 aromatic carbocycles. The first-order valence-electron chi connectivity index (χ1n) is 13.8. The maximum absolute atomic E-state index is 15.8. The first kappa shape index (κ1) is 28.7. The van der Waals surface area contributed by atoms with Gasteiger partial charge in [-0.3, -0.25) is 4.90 Å². The standard InChI is InChI=1S/C32H30ClFN4O5/c1-16-21(14-36-28-27(16)38(9-10-41-28)30(40)43-31(2,3)4)19-11-17-12-24(35-15-22(17)25(33)26(19)34)37-18-7-8-23-20(13-18)29(39)42-32(23,5)6/h7-8,11-15H,9-10H2,1-6H3,(H,35,37). The van der Waals surface area contributed by atoms with Crippen LogP contribution in [0.3, 0.4) is 0 Å². The molecule has 0 saturated carbocycles. The number of aromatic nitrogens is 2. The van der Waals surface area contributed by atoms with Gasteiger partial charge in [0, 0.05) is 40.2 Å². The molecule has 11 heteroatoms. The average Bonchev–Trinajstić information content (AvgIpc) is 3.17. The number of carbonyl (C=O) groups excluding carboxylic acids is 2. The third kappa shape index (κ3) is 5.09. The Morgan fingerprint density at radius 3 is 2.63 bits per heavy atom. The summed E-state index contributed by atoms with van der Waals surface area (Å²) in [6.45, 7) is 11.3. The third-order valence-electron chi connectivity index (χ3n) is 7.41. The number of nitrogens with one attached hydrogen (secondary N) is 1. The number of anilines is 3. The minimum absolute atomic E-state index is 0.0913. The van der Waals surface area contributed by atoms with Gasteiger partial charge in [-0.2, -0.15) is 0 Å². The second-order valence-electron chi connectivity index (χ2n) is 12.1. The van der Waals surface area contributed by atoms with Gasteiger partial charge in [0.2, 0.25) is 5.88 Å². The highest BCUT2D eigenvalue weighted by Crippen LogP contribution is 2.43. The zero-order chi connectivity index (χ0) is 30.8. The van der Waals surface area contributed by atoms with E-state index in [9.17, 15) is 9.59 Å². The molecule has 0 fully saturated rings. The lowest BCUT2D eigenvalue weighted by molar-refractivity contribution is 0.00951. The lowest BCUT2D eigenvalue weighted by Gasteiger charge is -2.32. The van der Waals surface area contributed by atoms with Crippen molar-refractivity contribution < 1.29 is 28.2 Å². The summed E-state index contributed by atoms with van der Waals surface area (Å²) in [5.41, 5.74) is 2.22. The summed E-state index contributed by atoms with van der Waals surface area (Å²) in [7, 11) is 0. The molecule has 222 valence electrons. The number of nitrogens with zero attached hydrogens (tertiary/aromatic N) is 3. The van der Waals surface area contributed by atoms with Gasteiger partial charge >= 0.3 is 12.1 Å². The van der Waals surface area contributed by atoms with Crippen LogP contribution in [0.5, 0.6) is 5.88 Å². The van der Waals surface area contributed by atoms with E-state index < -0.39 is 23.1 Å². The van der Waals surface area contributed by atoms with E-state index in [4.69, 9.17) is 25.8 Å². The Labute approximate surface area is 252 Å². The molecule has 1 N–H and O–H groups in total. The quantitative estimate of drug-likeness (QED) is 0.238. The smallest absolute Gasteiger partial charge is 0.415 e. The van der Waals surface area contributed by atoms with Gasteiger partial charge in [0.25, 0.3) is 0 Å². The highest BCUT2D eigenvalue weighted by molar-refractivity contribution is 6.36. The first-order valence-corrected chi connectivity index (χ1v) is 14.2. The first-order chi connectivity index (χ1) is 20.2. The van der Waals surface area contributed by atoms with Crippen molar-refractivity contribution >= 4 is 51.6 Å². The van der Waals surface area contributed by atoms with Crippen molar-refractivity contribution in [2.24, 2.45) is 0 Å². The molecule has 4 heterocycles. The van der Waals surface area contributed by atoms with Gasteiger partial charge < -0.3 is 19.5 Å². The van der Waals surface area contributed by atoms with Crippen LogP contribution in [0, 0.1) is 12.7 Å². The molecule has 2 aliphatic heterocycles. The summed E-state index contributed by atoms with van der Waals surface area (Å²) < 4.78 is 32.6. The molecule has 9 nitrogen and oxygen atoms in total. The van der Waals surface area contributed by atoms with Crippen LogP contribution in [0.25, 0.3) is 21.9 Å². The highest BCUT2D eigenvalue weighted by atomic mass is 35.5. The molecule has 0 radical (unpaired) electrons. The molecular formula is C32H30ClFN4O5. The number of rotatable bonds is 3. The largest absolute Gasteiger partial charge is 0.474 e. The number of carbonyl (C=O) groups is 2. The second kappa shape index (κ2) is 10.1. The van der Waals surface area contributed by atoms with E-state index in [1.165, 1.54) is 17.3 Å². The molecule has 0 aliphatic carbocycles. The van der Waals surface area contributed by atoms with Crippen LogP contribution < -0.4 is 15.0 Å². The minimum Gasteiger partial charge on any atom is -0.474 e. The van der Waals surface area contributed by atoms with Crippen molar-refractivity contribution in [3.63, 3.8) is 0 Å². The van der Waals surface area contributed by atoms with Gasteiger partial charge in [-0.05, 0) is 76.8 Å². The van der Waals surface area contributed by atoms with Gasteiger partial charge in [0.15, 0.2) is 0 Å². The summed E-state index contributed by atoms with van der Waals surface area (Å²) in [4.78, 5) is 35.7. The predicted molar refractivity (Wildman–Crippen MR) is 162 cm³/mol. The number of hydrogen-bond acceptors (Lipinski definition) is 8. The van der Waals surface area contributed by atoms with Crippen molar-refractivity contribution in [2.75, 3.05) is 23.4 Å². The molecule has 2 aromatic heterocycles. The Bertz CT molecular complexity index is 1840. The number of esters is 1. The zero-order valence-electron chi connectivity index (χ0n) is 24.6. The minimum atomic E-state index is -0.702. The van der Waals surface area contributed by atoms with Gasteiger partial charge in [0.05, 0.1) is 17.1 Å². The fourth-order valence-corrected chi connectivity index (χ4v) is 5.67. The van der Waals surface area contributed by atoms with Crippen LogP contribution in [0.15, 0.2) is 42.7 Å². The maximum atomic E-state index is 15.8. The van der Waals surface area contributed by atoms with Gasteiger partial charge in [0.1, 0.15) is 35.1 Å². The Kier molecular flexibility index (Phi) is 6.72. The number of cyclic esters (lactones) is 1. The van der Waals surface area contributed by atoms with Crippen molar-refractivity contribution in [3.8, 4) is 17.0 Å². The fraction of sp³-hybridized carbons (Fsp3) is 0.312. The van der Waals surface area contributed by atoms with E-state index in [2.05, 4.69) is 15.3 Å². The molecule has 2 aliphatic rings. The third-order valence-corrected chi connectivity index (χ3v) is 7.78. The summed E-state index contributed by atoms with van der Waals surface area (Å²) in [6, 6.07) is 8.84. The molecule has 1 amide bonds. The summed E-state index contributed by atoms with van der Waals surface area (Å²) in [5, 5.41) is 4.17. The van der Waals surface area contributed by atoms with Crippen molar-refractivity contribution in [2.45, 2.75) is 52.7 Å². The van der Waals surface area contributed by atoms with Gasteiger partial charge in [-0.1, -0.05) is 17.7 Å².